The molecule has 1 aliphatic rings. The lowest BCUT2D eigenvalue weighted by Crippen LogP contribution is -1.99. The Labute approximate surface area is 101 Å². The van der Waals surface area contributed by atoms with Crippen molar-refractivity contribution in [1.82, 2.24) is 0 Å². The van der Waals surface area contributed by atoms with Gasteiger partial charge >= 0.3 is 0 Å². The fourth-order valence-corrected chi connectivity index (χ4v) is 2.03. The zero-order valence-electron chi connectivity index (χ0n) is 11.1. The summed E-state index contributed by atoms with van der Waals surface area (Å²) in [5.74, 6) is 0. The maximum atomic E-state index is 5.62. The highest BCUT2D eigenvalue weighted by Gasteiger charge is 2.09. The summed E-state index contributed by atoms with van der Waals surface area (Å²) in [7, 11) is 0. The van der Waals surface area contributed by atoms with E-state index in [1.807, 2.05) is 6.26 Å². The largest absolute Gasteiger partial charge is 0.501 e. The van der Waals surface area contributed by atoms with Crippen LogP contribution in [-0.4, -0.2) is 6.61 Å². The Kier molecular flexibility index (Phi) is 6.29. The zero-order chi connectivity index (χ0) is 11.8. The van der Waals surface area contributed by atoms with Gasteiger partial charge in [0, 0.05) is 0 Å². The monoisotopic (exact) mass is 222 g/mol. The van der Waals surface area contributed by atoms with Crippen molar-refractivity contribution in [2.45, 2.75) is 65.7 Å². The molecule has 0 aromatic heterocycles. The predicted octanol–water partition coefficient (Wildman–Crippen LogP) is 4.99. The molecule has 0 atom stereocenters. The lowest BCUT2D eigenvalue weighted by atomic mass is 9.90. The minimum Gasteiger partial charge on any atom is -0.501 e. The van der Waals surface area contributed by atoms with Crippen LogP contribution in [-0.2, 0) is 4.74 Å². The van der Waals surface area contributed by atoms with Crippen LogP contribution in [0.2, 0.25) is 0 Å². The summed E-state index contributed by atoms with van der Waals surface area (Å²) >= 11 is 0. The SMILES string of the molecule is CCCCCCOC=C1CCC(C)=C(C)C1. The normalized spacial score (nSPS) is 19.3. The molecule has 0 fully saturated rings. The van der Waals surface area contributed by atoms with Crippen molar-refractivity contribution in [2.24, 2.45) is 0 Å². The lowest BCUT2D eigenvalue weighted by molar-refractivity contribution is 0.236. The van der Waals surface area contributed by atoms with Gasteiger partial charge < -0.3 is 4.74 Å². The molecule has 0 bridgehead atoms. The molecule has 0 aliphatic heterocycles. The quantitative estimate of drug-likeness (QED) is 0.349. The van der Waals surface area contributed by atoms with E-state index in [-0.39, 0.29) is 0 Å². The van der Waals surface area contributed by atoms with Gasteiger partial charge in [0.05, 0.1) is 12.9 Å². The Morgan fingerprint density at radius 2 is 1.88 bits per heavy atom. The summed E-state index contributed by atoms with van der Waals surface area (Å²) in [5, 5.41) is 0. The topological polar surface area (TPSA) is 9.23 Å². The van der Waals surface area contributed by atoms with Crippen molar-refractivity contribution in [3.63, 3.8) is 0 Å². The summed E-state index contributed by atoms with van der Waals surface area (Å²) in [6.07, 6.45) is 10.7. The van der Waals surface area contributed by atoms with Crippen molar-refractivity contribution in [3.05, 3.63) is 23.0 Å². The number of hydrogen-bond donors (Lipinski definition) is 0. The molecule has 0 aromatic carbocycles. The second-order valence-electron chi connectivity index (χ2n) is 4.94. The van der Waals surface area contributed by atoms with Crippen LogP contribution in [0.15, 0.2) is 23.0 Å². The number of hydrogen-bond acceptors (Lipinski definition) is 1. The van der Waals surface area contributed by atoms with E-state index in [4.69, 9.17) is 4.74 Å². The van der Waals surface area contributed by atoms with Gasteiger partial charge in [-0.15, -0.1) is 0 Å². The first-order valence-corrected chi connectivity index (χ1v) is 6.68. The van der Waals surface area contributed by atoms with E-state index in [1.54, 1.807) is 5.57 Å². The first-order chi connectivity index (χ1) is 7.74. The van der Waals surface area contributed by atoms with Crippen LogP contribution < -0.4 is 0 Å². The summed E-state index contributed by atoms with van der Waals surface area (Å²) in [6, 6.07) is 0. The van der Waals surface area contributed by atoms with E-state index >= 15 is 0 Å². The van der Waals surface area contributed by atoms with E-state index in [0.717, 1.165) is 13.0 Å². The van der Waals surface area contributed by atoms with Gasteiger partial charge in [-0.05, 0) is 45.1 Å². The molecule has 1 heteroatoms. The van der Waals surface area contributed by atoms with Crippen molar-refractivity contribution in [2.75, 3.05) is 6.61 Å². The standard InChI is InChI=1S/C15H26O/c1-4-5-6-7-10-16-12-15-9-8-13(2)14(3)11-15/h12H,4-11H2,1-3H3. The van der Waals surface area contributed by atoms with Crippen molar-refractivity contribution < 1.29 is 4.74 Å². The molecule has 0 heterocycles. The fourth-order valence-electron chi connectivity index (χ4n) is 2.03. The molecule has 1 nitrogen and oxygen atoms in total. The molecular formula is C15H26O. The Hall–Kier alpha value is -0.720. The molecule has 0 saturated carbocycles. The minimum absolute atomic E-state index is 0.894. The maximum Gasteiger partial charge on any atom is 0.0873 e. The average Bonchev–Trinajstić information content (AvgIpc) is 2.28. The third-order valence-corrected chi connectivity index (χ3v) is 3.41. The van der Waals surface area contributed by atoms with Gasteiger partial charge in [0.1, 0.15) is 0 Å². The molecule has 1 rings (SSSR count). The summed E-state index contributed by atoms with van der Waals surface area (Å²) in [5.41, 5.74) is 4.57. The average molecular weight is 222 g/mol. The maximum absolute atomic E-state index is 5.62. The van der Waals surface area contributed by atoms with Crippen molar-refractivity contribution in [3.8, 4) is 0 Å². The van der Waals surface area contributed by atoms with Gasteiger partial charge in [0.2, 0.25) is 0 Å². The molecule has 0 spiro atoms. The highest BCUT2D eigenvalue weighted by atomic mass is 16.5. The number of rotatable bonds is 6. The van der Waals surface area contributed by atoms with Crippen molar-refractivity contribution in [1.29, 1.82) is 0 Å². The molecule has 0 saturated heterocycles. The highest BCUT2D eigenvalue weighted by Crippen LogP contribution is 2.28. The summed E-state index contributed by atoms with van der Waals surface area (Å²) < 4.78 is 5.62. The molecule has 0 aromatic rings. The molecule has 0 amide bonds. The van der Waals surface area contributed by atoms with Gasteiger partial charge in [-0.25, -0.2) is 0 Å². The van der Waals surface area contributed by atoms with E-state index in [2.05, 4.69) is 20.8 Å². The molecule has 92 valence electrons. The third kappa shape index (κ3) is 4.87. The van der Waals surface area contributed by atoms with Gasteiger partial charge in [-0.3, -0.25) is 0 Å². The molecule has 16 heavy (non-hydrogen) atoms. The second-order valence-corrected chi connectivity index (χ2v) is 4.94. The first-order valence-electron chi connectivity index (χ1n) is 6.68. The smallest absolute Gasteiger partial charge is 0.0873 e. The van der Waals surface area contributed by atoms with Gasteiger partial charge in [0.25, 0.3) is 0 Å². The lowest BCUT2D eigenvalue weighted by Gasteiger charge is -2.17. The molecular weight excluding hydrogens is 196 g/mol. The van der Waals surface area contributed by atoms with E-state index < -0.39 is 0 Å². The van der Waals surface area contributed by atoms with E-state index in [0.29, 0.717) is 0 Å². The number of ether oxygens (including phenoxy) is 1. The number of allylic oxidation sites excluding steroid dienone is 3. The molecule has 1 aliphatic carbocycles. The second kappa shape index (κ2) is 7.54. The van der Waals surface area contributed by atoms with Gasteiger partial charge in [0.15, 0.2) is 0 Å². The summed E-state index contributed by atoms with van der Waals surface area (Å²) in [6.45, 7) is 7.62. The fraction of sp³-hybridized carbons (Fsp3) is 0.733. The molecule has 0 radical (unpaired) electrons. The number of unbranched alkanes of at least 4 members (excludes halogenated alkanes) is 3. The van der Waals surface area contributed by atoms with Crippen LogP contribution in [0, 0.1) is 0 Å². The Balaban J connectivity index is 2.16. The van der Waals surface area contributed by atoms with E-state index in [1.165, 1.54) is 49.7 Å². The first kappa shape index (κ1) is 13.3. The molecule has 0 unspecified atom stereocenters. The van der Waals surface area contributed by atoms with E-state index in [9.17, 15) is 0 Å². The van der Waals surface area contributed by atoms with Gasteiger partial charge in [-0.2, -0.15) is 0 Å². The third-order valence-electron chi connectivity index (χ3n) is 3.41. The zero-order valence-corrected chi connectivity index (χ0v) is 11.1. The highest BCUT2D eigenvalue weighted by molar-refractivity contribution is 5.23. The Morgan fingerprint density at radius 3 is 2.56 bits per heavy atom. The minimum atomic E-state index is 0.894. The van der Waals surface area contributed by atoms with Crippen LogP contribution in [0.4, 0.5) is 0 Å². The van der Waals surface area contributed by atoms with Crippen LogP contribution >= 0.6 is 0 Å². The Morgan fingerprint density at radius 1 is 1.06 bits per heavy atom. The van der Waals surface area contributed by atoms with Crippen LogP contribution in [0.5, 0.6) is 0 Å². The van der Waals surface area contributed by atoms with Gasteiger partial charge in [-0.1, -0.05) is 37.3 Å². The van der Waals surface area contributed by atoms with Crippen LogP contribution in [0.1, 0.15) is 65.7 Å². The van der Waals surface area contributed by atoms with Crippen LogP contribution in [0.3, 0.4) is 0 Å². The molecule has 0 N–H and O–H groups in total. The predicted molar refractivity (Wildman–Crippen MR) is 70.4 cm³/mol. The Bertz CT molecular complexity index is 261. The van der Waals surface area contributed by atoms with Crippen molar-refractivity contribution >= 4 is 0 Å². The summed E-state index contributed by atoms with van der Waals surface area (Å²) in [4.78, 5) is 0. The van der Waals surface area contributed by atoms with Crippen LogP contribution in [0.25, 0.3) is 0 Å².